The molecule has 0 saturated carbocycles. The maximum atomic E-state index is 13.3. The number of aromatic nitrogens is 4. The molecule has 2 aromatic rings. The van der Waals surface area contributed by atoms with Crippen LogP contribution in [0.1, 0.15) is 12.1 Å². The van der Waals surface area contributed by atoms with Crippen molar-refractivity contribution < 1.29 is 33.2 Å². The normalized spacial score (nSPS) is 28.6. The van der Waals surface area contributed by atoms with E-state index in [1.54, 1.807) is 0 Å². The van der Waals surface area contributed by atoms with Gasteiger partial charge in [0.1, 0.15) is 24.6 Å². The molecule has 0 aliphatic carbocycles. The summed E-state index contributed by atoms with van der Waals surface area (Å²) in [5.74, 6) is -1.68. The van der Waals surface area contributed by atoms with Crippen molar-refractivity contribution in [3.8, 4) is 0 Å². The molecular formula is C11H12F3N5O4. The lowest BCUT2D eigenvalue weighted by Gasteiger charge is -2.20. The minimum atomic E-state index is -4.89. The number of hydrogen-bond donors (Lipinski definition) is 4. The number of ether oxygens (including phenoxy) is 1. The molecule has 2 aromatic heterocycles. The van der Waals surface area contributed by atoms with E-state index in [4.69, 9.17) is 15.6 Å². The summed E-state index contributed by atoms with van der Waals surface area (Å²) >= 11 is 0. The van der Waals surface area contributed by atoms with E-state index in [1.165, 1.54) is 0 Å². The second kappa shape index (κ2) is 5.26. The molecule has 1 saturated heterocycles. The van der Waals surface area contributed by atoms with E-state index < -0.39 is 43.1 Å². The van der Waals surface area contributed by atoms with Gasteiger partial charge >= 0.3 is 6.18 Å². The predicted octanol–water partition coefficient (Wildman–Crippen LogP) is -0.961. The van der Waals surface area contributed by atoms with Gasteiger partial charge in [-0.15, -0.1) is 0 Å². The number of fused-ring (bicyclic) bond motifs is 1. The van der Waals surface area contributed by atoms with Crippen LogP contribution >= 0.6 is 0 Å². The van der Waals surface area contributed by atoms with Gasteiger partial charge in [0.15, 0.2) is 23.2 Å². The Morgan fingerprint density at radius 1 is 1.26 bits per heavy atom. The molecule has 4 atom stereocenters. The van der Waals surface area contributed by atoms with Crippen LogP contribution in [-0.4, -0.2) is 59.8 Å². The number of anilines is 1. The summed E-state index contributed by atoms with van der Waals surface area (Å²) in [6.07, 6.45) is -10.1. The average molecular weight is 335 g/mol. The van der Waals surface area contributed by atoms with E-state index in [9.17, 15) is 23.4 Å². The molecule has 3 heterocycles. The second-order valence-electron chi connectivity index (χ2n) is 4.96. The minimum absolute atomic E-state index is 0.272. The molecule has 9 nitrogen and oxygen atoms in total. The molecule has 0 aromatic carbocycles. The molecule has 5 N–H and O–H groups in total. The Morgan fingerprint density at radius 3 is 2.52 bits per heavy atom. The Balaban J connectivity index is 2.22. The van der Waals surface area contributed by atoms with Gasteiger partial charge < -0.3 is 25.8 Å². The molecule has 1 aliphatic rings. The van der Waals surface area contributed by atoms with Crippen LogP contribution in [0.4, 0.5) is 19.0 Å². The van der Waals surface area contributed by atoms with Crippen molar-refractivity contribution in [3.63, 3.8) is 0 Å². The second-order valence-corrected chi connectivity index (χ2v) is 4.96. The summed E-state index contributed by atoms with van der Waals surface area (Å²) in [5, 5.41) is 28.8. The van der Waals surface area contributed by atoms with Gasteiger partial charge in [-0.05, 0) is 0 Å². The molecular weight excluding hydrogens is 323 g/mol. The van der Waals surface area contributed by atoms with Crippen molar-refractivity contribution >= 4 is 17.0 Å². The van der Waals surface area contributed by atoms with Crippen LogP contribution in [0.15, 0.2) is 6.33 Å². The molecule has 23 heavy (non-hydrogen) atoms. The Labute approximate surface area is 126 Å². The van der Waals surface area contributed by atoms with Gasteiger partial charge in [0, 0.05) is 0 Å². The van der Waals surface area contributed by atoms with E-state index in [0.29, 0.717) is 4.57 Å². The van der Waals surface area contributed by atoms with Crippen LogP contribution in [0, 0.1) is 0 Å². The zero-order valence-corrected chi connectivity index (χ0v) is 11.3. The van der Waals surface area contributed by atoms with Crippen LogP contribution in [0.5, 0.6) is 0 Å². The average Bonchev–Trinajstić information content (AvgIpc) is 2.99. The van der Waals surface area contributed by atoms with Gasteiger partial charge in [0.05, 0.1) is 6.61 Å². The monoisotopic (exact) mass is 335 g/mol. The molecule has 1 unspecified atom stereocenters. The third-order valence-corrected chi connectivity index (χ3v) is 3.53. The number of nitrogen functional groups attached to an aromatic ring is 1. The van der Waals surface area contributed by atoms with Crippen LogP contribution in [-0.2, 0) is 10.9 Å². The van der Waals surface area contributed by atoms with E-state index in [2.05, 4.69) is 15.0 Å². The van der Waals surface area contributed by atoms with E-state index in [-0.39, 0.29) is 17.0 Å². The SMILES string of the molecule is Nc1ncnc2c1nc(C(F)(F)F)n2[C@@H]1O[C@H](CO)[C@H](O)C1O. The molecule has 3 rings (SSSR count). The maximum Gasteiger partial charge on any atom is 0.449 e. The molecule has 1 aliphatic heterocycles. The van der Waals surface area contributed by atoms with Crippen LogP contribution in [0.2, 0.25) is 0 Å². The summed E-state index contributed by atoms with van der Waals surface area (Å²) in [4.78, 5) is 10.7. The highest BCUT2D eigenvalue weighted by atomic mass is 19.4. The van der Waals surface area contributed by atoms with Crippen LogP contribution in [0.3, 0.4) is 0 Å². The zero-order valence-electron chi connectivity index (χ0n) is 11.3. The molecule has 0 bridgehead atoms. The van der Waals surface area contributed by atoms with Gasteiger partial charge in [0.2, 0.25) is 5.82 Å². The van der Waals surface area contributed by atoms with Crippen molar-refractivity contribution in [1.82, 2.24) is 19.5 Å². The first kappa shape index (κ1) is 15.9. The van der Waals surface area contributed by atoms with Crippen molar-refractivity contribution in [2.45, 2.75) is 30.7 Å². The van der Waals surface area contributed by atoms with E-state index in [0.717, 1.165) is 6.33 Å². The number of nitrogens with two attached hydrogens (primary N) is 1. The number of hydrogen-bond acceptors (Lipinski definition) is 8. The first-order chi connectivity index (χ1) is 10.8. The predicted molar refractivity (Wildman–Crippen MR) is 67.7 cm³/mol. The highest BCUT2D eigenvalue weighted by Crippen LogP contribution is 2.38. The zero-order chi connectivity index (χ0) is 16.9. The Morgan fingerprint density at radius 2 is 1.96 bits per heavy atom. The topological polar surface area (TPSA) is 140 Å². The lowest BCUT2D eigenvalue weighted by atomic mass is 10.1. The largest absolute Gasteiger partial charge is 0.449 e. The molecule has 1 fully saturated rings. The van der Waals surface area contributed by atoms with E-state index >= 15 is 0 Å². The fraction of sp³-hybridized carbons (Fsp3) is 0.545. The lowest BCUT2D eigenvalue weighted by molar-refractivity contribution is -0.154. The smallest absolute Gasteiger partial charge is 0.394 e. The number of aliphatic hydroxyl groups excluding tert-OH is 3. The van der Waals surface area contributed by atoms with Gasteiger partial charge in [-0.25, -0.2) is 15.0 Å². The Hall–Kier alpha value is -2.02. The van der Waals surface area contributed by atoms with Crippen LogP contribution < -0.4 is 5.73 Å². The fourth-order valence-electron chi connectivity index (χ4n) is 2.46. The quantitative estimate of drug-likeness (QED) is 0.550. The standard InChI is InChI=1S/C11H12F3N5O4/c12-11(13,14)10-18-4-7(15)16-2-17-8(4)19(10)9-6(22)5(21)3(1-20)23-9/h2-3,5-6,9,20-22H,1H2,(H2,15,16,17)/t3-,5+,6?,9-/m1/s1. The molecule has 126 valence electrons. The molecule has 0 spiro atoms. The summed E-state index contributed by atoms with van der Waals surface area (Å²) in [6, 6.07) is 0. The summed E-state index contributed by atoms with van der Waals surface area (Å²) < 4.78 is 45.4. The van der Waals surface area contributed by atoms with Crippen molar-refractivity contribution in [1.29, 1.82) is 0 Å². The van der Waals surface area contributed by atoms with Gasteiger partial charge in [-0.3, -0.25) is 4.57 Å². The Bertz CT molecular complexity index is 736. The highest BCUT2D eigenvalue weighted by molar-refractivity contribution is 5.82. The summed E-state index contributed by atoms with van der Waals surface area (Å²) in [5.41, 5.74) is 4.90. The van der Waals surface area contributed by atoms with E-state index in [1.807, 2.05) is 0 Å². The fourth-order valence-corrected chi connectivity index (χ4v) is 2.46. The number of alkyl halides is 3. The first-order valence-corrected chi connectivity index (χ1v) is 6.43. The number of halogens is 3. The van der Waals surface area contributed by atoms with Gasteiger partial charge in [-0.1, -0.05) is 0 Å². The molecule has 0 amide bonds. The maximum absolute atomic E-state index is 13.3. The summed E-state index contributed by atoms with van der Waals surface area (Å²) in [6.45, 7) is -0.681. The number of rotatable bonds is 2. The lowest BCUT2D eigenvalue weighted by Crippen LogP contribution is -2.33. The Kier molecular flexibility index (Phi) is 3.63. The number of imidazole rings is 1. The van der Waals surface area contributed by atoms with Gasteiger partial charge in [-0.2, -0.15) is 13.2 Å². The minimum Gasteiger partial charge on any atom is -0.394 e. The van der Waals surface area contributed by atoms with Crippen molar-refractivity contribution in [2.75, 3.05) is 12.3 Å². The molecule has 0 radical (unpaired) electrons. The van der Waals surface area contributed by atoms with Crippen molar-refractivity contribution in [3.05, 3.63) is 12.2 Å². The van der Waals surface area contributed by atoms with Gasteiger partial charge in [0.25, 0.3) is 0 Å². The third-order valence-electron chi connectivity index (χ3n) is 3.53. The number of aliphatic hydroxyl groups is 3. The molecule has 12 heteroatoms. The highest BCUT2D eigenvalue weighted by Gasteiger charge is 2.48. The number of nitrogens with zero attached hydrogens (tertiary/aromatic N) is 4. The first-order valence-electron chi connectivity index (χ1n) is 6.43. The third kappa shape index (κ3) is 2.39. The van der Waals surface area contributed by atoms with Crippen LogP contribution in [0.25, 0.3) is 11.2 Å². The van der Waals surface area contributed by atoms with Crippen molar-refractivity contribution in [2.24, 2.45) is 0 Å². The summed E-state index contributed by atoms with van der Waals surface area (Å²) in [7, 11) is 0.